The molecule has 4 rings (SSSR count). The number of halogens is 1. The van der Waals surface area contributed by atoms with Crippen molar-refractivity contribution in [2.24, 2.45) is 0 Å². The van der Waals surface area contributed by atoms with Crippen LogP contribution in [-0.2, 0) is 11.3 Å². The highest BCUT2D eigenvalue weighted by Gasteiger charge is 2.17. The number of amides is 2. The molecule has 0 aliphatic carbocycles. The van der Waals surface area contributed by atoms with Crippen LogP contribution in [0.2, 0.25) is 0 Å². The summed E-state index contributed by atoms with van der Waals surface area (Å²) in [4.78, 5) is 25.4. The number of benzene rings is 2. The molecule has 0 atom stereocenters. The van der Waals surface area contributed by atoms with Gasteiger partial charge in [-0.25, -0.2) is 0 Å². The number of carbonyl (C=O) groups excluding carboxylic acids is 2. The van der Waals surface area contributed by atoms with E-state index < -0.39 is 5.91 Å². The number of rotatable bonds is 6. The van der Waals surface area contributed by atoms with E-state index in [1.165, 1.54) is 6.08 Å². The lowest BCUT2D eigenvalue weighted by molar-refractivity contribution is -0.117. The Labute approximate surface area is 186 Å². The summed E-state index contributed by atoms with van der Waals surface area (Å²) in [5, 5.41) is 5.48. The van der Waals surface area contributed by atoms with E-state index in [9.17, 15) is 9.59 Å². The van der Waals surface area contributed by atoms with E-state index in [0.29, 0.717) is 26.6 Å². The van der Waals surface area contributed by atoms with Gasteiger partial charge in [0.1, 0.15) is 11.5 Å². The van der Waals surface area contributed by atoms with Crippen molar-refractivity contribution in [3.05, 3.63) is 87.0 Å². The Balaban J connectivity index is 1.50. The zero-order valence-corrected chi connectivity index (χ0v) is 17.8. The molecule has 2 N–H and O–H groups in total. The molecule has 0 unspecified atom stereocenters. The highest BCUT2D eigenvalue weighted by atomic mass is 127. The maximum Gasteiger partial charge on any atom is 0.268 e. The SMILES string of the molecule is O=C(NCc1ccc2c(c1)OCO2)C(=Cc1ccc(I)o1)NC(=O)c1ccccc1. The smallest absolute Gasteiger partial charge is 0.268 e. The number of furan rings is 1. The molecule has 0 radical (unpaired) electrons. The highest BCUT2D eigenvalue weighted by molar-refractivity contribution is 14.1. The van der Waals surface area contributed by atoms with Crippen molar-refractivity contribution in [2.45, 2.75) is 6.54 Å². The first-order chi connectivity index (χ1) is 14.6. The maximum atomic E-state index is 12.8. The first-order valence-electron chi connectivity index (χ1n) is 9.08. The lowest BCUT2D eigenvalue weighted by Crippen LogP contribution is -2.34. The standard InChI is InChI=1S/C22H17IN2O5/c23-20-9-7-16(30-20)11-17(25-21(26)15-4-2-1-3-5-15)22(27)24-12-14-6-8-18-19(10-14)29-13-28-18/h1-11H,12-13H2,(H,24,27)(H,25,26). The lowest BCUT2D eigenvalue weighted by Gasteiger charge is -2.11. The van der Waals surface area contributed by atoms with Crippen molar-refractivity contribution < 1.29 is 23.5 Å². The average molecular weight is 516 g/mol. The molecule has 7 nitrogen and oxygen atoms in total. The van der Waals surface area contributed by atoms with E-state index in [0.717, 1.165) is 5.56 Å². The molecule has 2 heterocycles. The molecule has 2 aromatic carbocycles. The molecule has 0 bridgehead atoms. The monoisotopic (exact) mass is 516 g/mol. The molecule has 0 saturated heterocycles. The summed E-state index contributed by atoms with van der Waals surface area (Å²) in [6, 6.07) is 17.6. The Morgan fingerprint density at radius 1 is 1.00 bits per heavy atom. The fourth-order valence-electron chi connectivity index (χ4n) is 2.82. The van der Waals surface area contributed by atoms with Crippen molar-refractivity contribution in [3.63, 3.8) is 0 Å². The second-order valence-electron chi connectivity index (χ2n) is 6.39. The second-order valence-corrected chi connectivity index (χ2v) is 7.45. The minimum atomic E-state index is -0.441. The van der Waals surface area contributed by atoms with Crippen LogP contribution in [0.15, 0.2) is 70.8 Å². The maximum absolute atomic E-state index is 12.8. The predicted molar refractivity (Wildman–Crippen MR) is 118 cm³/mol. The van der Waals surface area contributed by atoms with Gasteiger partial charge in [0.25, 0.3) is 11.8 Å². The number of hydrogen-bond donors (Lipinski definition) is 2. The van der Waals surface area contributed by atoms with Crippen LogP contribution in [0.4, 0.5) is 0 Å². The van der Waals surface area contributed by atoms with Gasteiger partial charge in [-0.2, -0.15) is 0 Å². The molecule has 2 amide bonds. The second kappa shape index (κ2) is 9.04. The van der Waals surface area contributed by atoms with Crippen LogP contribution < -0.4 is 20.1 Å². The van der Waals surface area contributed by atoms with E-state index in [1.54, 1.807) is 42.5 Å². The van der Waals surface area contributed by atoms with Crippen LogP contribution in [0.25, 0.3) is 6.08 Å². The van der Waals surface area contributed by atoms with Crippen LogP contribution >= 0.6 is 22.6 Å². The van der Waals surface area contributed by atoms with Crippen molar-refractivity contribution in [1.82, 2.24) is 10.6 Å². The molecule has 30 heavy (non-hydrogen) atoms. The molecule has 3 aromatic rings. The van der Waals surface area contributed by atoms with Gasteiger partial charge in [0.05, 0.1) is 0 Å². The van der Waals surface area contributed by atoms with Gasteiger partial charge in [0.15, 0.2) is 15.3 Å². The van der Waals surface area contributed by atoms with E-state index >= 15 is 0 Å². The van der Waals surface area contributed by atoms with Crippen molar-refractivity contribution >= 4 is 40.5 Å². The van der Waals surface area contributed by atoms with Gasteiger partial charge in [-0.1, -0.05) is 24.3 Å². The molecule has 1 aromatic heterocycles. The van der Waals surface area contributed by atoms with Gasteiger partial charge in [-0.05, 0) is 64.6 Å². The minimum absolute atomic E-state index is 0.0790. The Morgan fingerprint density at radius 3 is 2.57 bits per heavy atom. The van der Waals surface area contributed by atoms with E-state index in [-0.39, 0.29) is 24.9 Å². The third-order valence-electron chi connectivity index (χ3n) is 4.30. The topological polar surface area (TPSA) is 89.8 Å². The average Bonchev–Trinajstić information content (AvgIpc) is 3.40. The van der Waals surface area contributed by atoms with Crippen molar-refractivity contribution in [2.75, 3.05) is 6.79 Å². The summed E-state index contributed by atoms with van der Waals surface area (Å²) in [5.41, 5.74) is 1.37. The molecule has 1 aliphatic heterocycles. The molecule has 0 saturated carbocycles. The summed E-state index contributed by atoms with van der Waals surface area (Å²) in [5.74, 6) is 0.943. The molecule has 0 fully saturated rings. The van der Waals surface area contributed by atoms with E-state index in [1.807, 2.05) is 40.8 Å². The Hall–Kier alpha value is -3.27. The Morgan fingerprint density at radius 2 is 1.80 bits per heavy atom. The highest BCUT2D eigenvalue weighted by Crippen LogP contribution is 2.32. The molecule has 8 heteroatoms. The fraction of sp³-hybridized carbons (Fsp3) is 0.0909. The van der Waals surface area contributed by atoms with Gasteiger partial charge in [-0.15, -0.1) is 0 Å². The summed E-state index contributed by atoms with van der Waals surface area (Å²) in [6.45, 7) is 0.440. The normalized spacial score (nSPS) is 12.5. The third kappa shape index (κ3) is 4.82. The lowest BCUT2D eigenvalue weighted by atomic mass is 10.2. The van der Waals surface area contributed by atoms with Gasteiger partial charge in [0.2, 0.25) is 6.79 Å². The zero-order chi connectivity index (χ0) is 20.9. The fourth-order valence-corrected chi connectivity index (χ4v) is 3.25. The first-order valence-corrected chi connectivity index (χ1v) is 10.2. The van der Waals surface area contributed by atoms with E-state index in [2.05, 4.69) is 10.6 Å². The van der Waals surface area contributed by atoms with Gasteiger partial charge in [-0.3, -0.25) is 9.59 Å². The largest absolute Gasteiger partial charge is 0.454 e. The Bertz CT molecular complexity index is 1110. The number of carbonyl (C=O) groups is 2. The van der Waals surface area contributed by atoms with E-state index in [4.69, 9.17) is 13.9 Å². The molecular formula is C22H17IN2O5. The van der Waals surface area contributed by atoms with Crippen LogP contribution in [0.3, 0.4) is 0 Å². The quantitative estimate of drug-likeness (QED) is 0.386. The van der Waals surface area contributed by atoms with Crippen LogP contribution in [0, 0.1) is 3.77 Å². The predicted octanol–water partition coefficient (Wildman–Crippen LogP) is 3.70. The van der Waals surface area contributed by atoms with Crippen molar-refractivity contribution in [1.29, 1.82) is 0 Å². The summed E-state index contributed by atoms with van der Waals surface area (Å²) in [6.07, 6.45) is 1.50. The summed E-state index contributed by atoms with van der Waals surface area (Å²) < 4.78 is 16.8. The molecule has 152 valence electrons. The zero-order valence-electron chi connectivity index (χ0n) is 15.7. The van der Waals surface area contributed by atoms with Crippen LogP contribution in [-0.4, -0.2) is 18.6 Å². The summed E-state index contributed by atoms with van der Waals surface area (Å²) in [7, 11) is 0. The minimum Gasteiger partial charge on any atom is -0.454 e. The van der Waals surface area contributed by atoms with Crippen LogP contribution in [0.1, 0.15) is 21.7 Å². The number of nitrogens with one attached hydrogen (secondary N) is 2. The summed E-state index contributed by atoms with van der Waals surface area (Å²) >= 11 is 2.03. The number of ether oxygens (including phenoxy) is 2. The van der Waals surface area contributed by atoms with Gasteiger partial charge < -0.3 is 24.5 Å². The molecular weight excluding hydrogens is 499 g/mol. The first kappa shape index (κ1) is 20.0. The molecule has 0 spiro atoms. The van der Waals surface area contributed by atoms with Gasteiger partial charge >= 0.3 is 0 Å². The Kier molecular flexibility index (Phi) is 6.03. The third-order valence-corrected chi connectivity index (χ3v) is 4.88. The number of fused-ring (bicyclic) bond motifs is 1. The number of hydrogen-bond acceptors (Lipinski definition) is 5. The van der Waals surface area contributed by atoms with Crippen LogP contribution in [0.5, 0.6) is 11.5 Å². The molecule has 1 aliphatic rings. The van der Waals surface area contributed by atoms with Gasteiger partial charge in [0, 0.05) is 18.2 Å². The van der Waals surface area contributed by atoms with Crippen molar-refractivity contribution in [3.8, 4) is 11.5 Å².